The van der Waals surface area contributed by atoms with Gasteiger partial charge in [-0.2, -0.15) is 0 Å². The number of rotatable bonds is 2. The molecule has 2 atom stereocenters. The van der Waals surface area contributed by atoms with Crippen LogP contribution in [0.15, 0.2) is 18.2 Å². The normalized spacial score (nSPS) is 25.4. The van der Waals surface area contributed by atoms with E-state index >= 15 is 0 Å². The van der Waals surface area contributed by atoms with Crippen molar-refractivity contribution in [1.82, 2.24) is 0 Å². The number of aliphatic hydroxyl groups excluding tert-OH is 1. The minimum Gasteiger partial charge on any atom is -0.391 e. The van der Waals surface area contributed by atoms with Gasteiger partial charge in [-0.15, -0.1) is 0 Å². The van der Waals surface area contributed by atoms with Crippen molar-refractivity contribution in [3.05, 3.63) is 26.8 Å². The van der Waals surface area contributed by atoms with Crippen molar-refractivity contribution in [2.24, 2.45) is 0 Å². The second-order valence-corrected chi connectivity index (χ2v) is 6.23. The van der Waals surface area contributed by atoms with Crippen molar-refractivity contribution >= 4 is 39.9 Å². The van der Waals surface area contributed by atoms with E-state index in [1.807, 2.05) is 18.2 Å². The first kappa shape index (κ1) is 13.4. The molecule has 2 rings (SSSR count). The minimum atomic E-state index is -0.257. The lowest BCUT2D eigenvalue weighted by atomic mass is 10.1. The number of aliphatic hydroxyl groups is 1. The standard InChI is InChI=1S/C13H17ClINO/c14-10-8-9(15)6-7-11(10)16-12-4-2-1-3-5-13(12)17/h6-8,12-13,16-17H,1-5H2. The van der Waals surface area contributed by atoms with Crippen LogP contribution in [-0.4, -0.2) is 17.3 Å². The molecule has 2 N–H and O–H groups in total. The van der Waals surface area contributed by atoms with E-state index in [1.165, 1.54) is 12.8 Å². The molecule has 0 aromatic heterocycles. The fourth-order valence-electron chi connectivity index (χ4n) is 2.26. The Morgan fingerprint density at radius 2 is 2.00 bits per heavy atom. The summed E-state index contributed by atoms with van der Waals surface area (Å²) in [5.41, 5.74) is 0.929. The van der Waals surface area contributed by atoms with Crippen LogP contribution in [0.25, 0.3) is 0 Å². The molecule has 1 aromatic rings. The van der Waals surface area contributed by atoms with Crippen LogP contribution in [0.5, 0.6) is 0 Å². The van der Waals surface area contributed by atoms with Gasteiger partial charge in [0.2, 0.25) is 0 Å². The highest BCUT2D eigenvalue weighted by Crippen LogP contribution is 2.27. The van der Waals surface area contributed by atoms with Gasteiger partial charge in [0.25, 0.3) is 0 Å². The van der Waals surface area contributed by atoms with Gasteiger partial charge in [-0.3, -0.25) is 0 Å². The molecule has 0 bridgehead atoms. The van der Waals surface area contributed by atoms with Crippen molar-refractivity contribution in [1.29, 1.82) is 0 Å². The van der Waals surface area contributed by atoms with E-state index in [1.54, 1.807) is 0 Å². The molecule has 0 aliphatic heterocycles. The highest BCUT2D eigenvalue weighted by Gasteiger charge is 2.21. The van der Waals surface area contributed by atoms with Crippen LogP contribution in [0.4, 0.5) is 5.69 Å². The van der Waals surface area contributed by atoms with Crippen LogP contribution < -0.4 is 5.32 Å². The molecule has 0 amide bonds. The van der Waals surface area contributed by atoms with Gasteiger partial charge in [0.05, 0.1) is 22.9 Å². The van der Waals surface area contributed by atoms with E-state index in [0.717, 1.165) is 33.5 Å². The summed E-state index contributed by atoms with van der Waals surface area (Å²) in [5.74, 6) is 0. The maximum Gasteiger partial charge on any atom is 0.0741 e. The van der Waals surface area contributed by atoms with E-state index in [9.17, 15) is 5.11 Å². The highest BCUT2D eigenvalue weighted by atomic mass is 127. The molecule has 1 saturated carbocycles. The summed E-state index contributed by atoms with van der Waals surface area (Å²) in [6, 6.07) is 6.09. The van der Waals surface area contributed by atoms with Crippen molar-refractivity contribution in [2.45, 2.75) is 44.2 Å². The van der Waals surface area contributed by atoms with E-state index in [2.05, 4.69) is 27.9 Å². The third-order valence-corrected chi connectivity index (χ3v) is 4.24. The first-order valence-corrected chi connectivity index (χ1v) is 7.52. The molecule has 4 heteroatoms. The van der Waals surface area contributed by atoms with Crippen molar-refractivity contribution in [3.8, 4) is 0 Å². The smallest absolute Gasteiger partial charge is 0.0741 e. The average Bonchev–Trinajstić information content (AvgIpc) is 2.48. The topological polar surface area (TPSA) is 32.3 Å². The van der Waals surface area contributed by atoms with E-state index in [-0.39, 0.29) is 12.1 Å². The molecule has 0 spiro atoms. The average molecular weight is 366 g/mol. The molecule has 2 nitrogen and oxygen atoms in total. The third-order valence-electron chi connectivity index (χ3n) is 3.25. The quantitative estimate of drug-likeness (QED) is 0.612. The van der Waals surface area contributed by atoms with Crippen LogP contribution in [0, 0.1) is 3.57 Å². The van der Waals surface area contributed by atoms with Crippen LogP contribution in [0.2, 0.25) is 5.02 Å². The molecule has 1 aromatic carbocycles. The van der Waals surface area contributed by atoms with Gasteiger partial charge in [-0.25, -0.2) is 0 Å². The molecule has 2 unspecified atom stereocenters. The van der Waals surface area contributed by atoms with Crippen molar-refractivity contribution in [3.63, 3.8) is 0 Å². The molecular formula is C13H17ClINO. The fraction of sp³-hybridized carbons (Fsp3) is 0.538. The molecule has 17 heavy (non-hydrogen) atoms. The Morgan fingerprint density at radius 1 is 1.24 bits per heavy atom. The summed E-state index contributed by atoms with van der Waals surface area (Å²) in [6.45, 7) is 0. The van der Waals surface area contributed by atoms with Gasteiger partial charge >= 0.3 is 0 Å². The lowest BCUT2D eigenvalue weighted by Crippen LogP contribution is -2.32. The van der Waals surface area contributed by atoms with Crippen LogP contribution in [0.1, 0.15) is 32.1 Å². The van der Waals surface area contributed by atoms with Gasteiger partial charge in [0.1, 0.15) is 0 Å². The molecule has 94 valence electrons. The Morgan fingerprint density at radius 3 is 2.76 bits per heavy atom. The summed E-state index contributed by atoms with van der Waals surface area (Å²) >= 11 is 8.43. The Labute approximate surface area is 121 Å². The van der Waals surface area contributed by atoms with Gasteiger partial charge in [0.15, 0.2) is 0 Å². The first-order chi connectivity index (χ1) is 8.16. The summed E-state index contributed by atoms with van der Waals surface area (Å²) in [5, 5.41) is 14.2. The first-order valence-electron chi connectivity index (χ1n) is 6.06. The molecule has 0 saturated heterocycles. The number of hydrogen-bond acceptors (Lipinski definition) is 2. The molecule has 1 fully saturated rings. The van der Waals surface area contributed by atoms with Gasteiger partial charge < -0.3 is 10.4 Å². The van der Waals surface area contributed by atoms with E-state index in [4.69, 9.17) is 11.6 Å². The number of hydrogen-bond donors (Lipinski definition) is 2. The summed E-state index contributed by atoms with van der Waals surface area (Å²) < 4.78 is 1.12. The summed E-state index contributed by atoms with van der Waals surface area (Å²) in [4.78, 5) is 0. The number of anilines is 1. The van der Waals surface area contributed by atoms with E-state index < -0.39 is 0 Å². The lowest BCUT2D eigenvalue weighted by Gasteiger charge is -2.23. The molecule has 0 heterocycles. The van der Waals surface area contributed by atoms with Gasteiger partial charge in [-0.05, 0) is 53.6 Å². The molecular weight excluding hydrogens is 349 g/mol. The Kier molecular flexibility index (Phi) is 4.94. The zero-order valence-corrected chi connectivity index (χ0v) is 12.5. The number of benzene rings is 1. The molecule has 1 aliphatic carbocycles. The minimum absolute atomic E-state index is 0.134. The zero-order valence-electron chi connectivity index (χ0n) is 9.63. The predicted octanol–water partition coefficient (Wildman–Crippen LogP) is 4.05. The van der Waals surface area contributed by atoms with Crippen LogP contribution in [0.3, 0.4) is 0 Å². The van der Waals surface area contributed by atoms with Crippen LogP contribution in [-0.2, 0) is 0 Å². The highest BCUT2D eigenvalue weighted by molar-refractivity contribution is 14.1. The summed E-state index contributed by atoms with van der Waals surface area (Å²) in [6.07, 6.45) is 5.17. The van der Waals surface area contributed by atoms with E-state index in [0.29, 0.717) is 0 Å². The monoisotopic (exact) mass is 365 g/mol. The molecule has 0 radical (unpaired) electrons. The second kappa shape index (κ2) is 6.25. The fourth-order valence-corrected chi connectivity index (χ4v) is 3.17. The van der Waals surface area contributed by atoms with Crippen LogP contribution >= 0.6 is 34.2 Å². The predicted molar refractivity (Wildman–Crippen MR) is 80.7 cm³/mol. The largest absolute Gasteiger partial charge is 0.391 e. The second-order valence-electron chi connectivity index (χ2n) is 4.58. The zero-order chi connectivity index (χ0) is 12.3. The Bertz CT molecular complexity index is 386. The third kappa shape index (κ3) is 3.73. The van der Waals surface area contributed by atoms with Gasteiger partial charge in [0, 0.05) is 3.57 Å². The Balaban J connectivity index is 2.08. The SMILES string of the molecule is OC1CCCCCC1Nc1ccc(I)cc1Cl. The van der Waals surface area contributed by atoms with Gasteiger partial charge in [-0.1, -0.05) is 30.9 Å². The van der Waals surface area contributed by atoms with Crippen molar-refractivity contribution < 1.29 is 5.11 Å². The summed E-state index contributed by atoms with van der Waals surface area (Å²) in [7, 11) is 0. The number of halogens is 2. The lowest BCUT2D eigenvalue weighted by molar-refractivity contribution is 0.144. The maximum atomic E-state index is 10.0. The number of nitrogens with one attached hydrogen (secondary N) is 1. The molecule has 1 aliphatic rings. The van der Waals surface area contributed by atoms with Crippen molar-refractivity contribution in [2.75, 3.05) is 5.32 Å². The Hall–Kier alpha value is -0.0000000000000000555. The maximum absolute atomic E-state index is 10.0.